The number of hydrogen-bond acceptors (Lipinski definition) is 2. The Kier molecular flexibility index (Phi) is 9.31. The number of nitrogens with zero attached hydrogens (tertiary/aromatic N) is 1. The van der Waals surface area contributed by atoms with Crippen LogP contribution in [0.5, 0.6) is 0 Å². The van der Waals surface area contributed by atoms with Crippen LogP contribution in [0.25, 0.3) is 0 Å². The number of amides is 1. The predicted molar refractivity (Wildman–Crippen MR) is 104 cm³/mol. The zero-order valence-corrected chi connectivity index (χ0v) is 16.6. The first-order valence-corrected chi connectivity index (χ1v) is 9.88. The number of hydrogen-bond donors (Lipinski definition) is 1. The molecule has 138 valence electrons. The first kappa shape index (κ1) is 20.9. The maximum atomic E-state index is 11.8. The van der Waals surface area contributed by atoms with Crippen LogP contribution in [-0.4, -0.2) is 11.6 Å². The monoisotopic (exact) mass is 334 g/mol. The fourth-order valence-electron chi connectivity index (χ4n) is 3.69. The van der Waals surface area contributed by atoms with Gasteiger partial charge in [0.15, 0.2) is 0 Å². The second-order valence-corrected chi connectivity index (χ2v) is 8.04. The average molecular weight is 335 g/mol. The van der Waals surface area contributed by atoms with E-state index < -0.39 is 0 Å². The van der Waals surface area contributed by atoms with E-state index >= 15 is 0 Å². The van der Waals surface area contributed by atoms with E-state index in [0.29, 0.717) is 11.8 Å². The summed E-state index contributed by atoms with van der Waals surface area (Å²) in [4.78, 5) is 11.8. The third-order valence-electron chi connectivity index (χ3n) is 5.30. The fourth-order valence-corrected chi connectivity index (χ4v) is 3.69. The van der Waals surface area contributed by atoms with Crippen molar-refractivity contribution in [2.75, 3.05) is 0 Å². The summed E-state index contributed by atoms with van der Waals surface area (Å²) in [6.45, 7) is 11.2. The largest absolute Gasteiger partial charge is 0.273 e. The lowest BCUT2D eigenvalue weighted by atomic mass is 9.71. The molecule has 0 bridgehead atoms. The topological polar surface area (TPSA) is 41.5 Å². The third kappa shape index (κ3) is 7.63. The Morgan fingerprint density at radius 3 is 2.54 bits per heavy atom. The Hall–Kier alpha value is -1.12. The molecule has 0 aromatic carbocycles. The van der Waals surface area contributed by atoms with Crippen LogP contribution in [0.4, 0.5) is 0 Å². The van der Waals surface area contributed by atoms with Gasteiger partial charge < -0.3 is 0 Å². The second-order valence-electron chi connectivity index (χ2n) is 8.04. The van der Waals surface area contributed by atoms with E-state index in [4.69, 9.17) is 0 Å². The molecule has 0 atom stereocenters. The van der Waals surface area contributed by atoms with Gasteiger partial charge in [-0.1, -0.05) is 57.6 Å². The molecule has 3 nitrogen and oxygen atoms in total. The van der Waals surface area contributed by atoms with Crippen molar-refractivity contribution in [3.63, 3.8) is 0 Å². The van der Waals surface area contributed by atoms with E-state index in [9.17, 15) is 4.79 Å². The maximum absolute atomic E-state index is 11.8. The zero-order valence-electron chi connectivity index (χ0n) is 16.6. The number of hydrazone groups is 1. The molecule has 0 aliphatic heterocycles. The molecule has 0 heterocycles. The molecule has 0 fully saturated rings. The second kappa shape index (κ2) is 10.7. The van der Waals surface area contributed by atoms with Crippen LogP contribution in [0.15, 0.2) is 16.2 Å². The van der Waals surface area contributed by atoms with Crippen LogP contribution in [-0.2, 0) is 4.79 Å². The van der Waals surface area contributed by atoms with Crippen LogP contribution in [0.1, 0.15) is 105 Å². The highest BCUT2D eigenvalue weighted by atomic mass is 16.2. The van der Waals surface area contributed by atoms with Gasteiger partial charge in [0.05, 0.1) is 0 Å². The van der Waals surface area contributed by atoms with Crippen molar-refractivity contribution in [1.82, 2.24) is 5.43 Å². The Morgan fingerprint density at radius 1 is 1.17 bits per heavy atom. The smallest absolute Gasteiger partial charge is 0.240 e. The van der Waals surface area contributed by atoms with Crippen molar-refractivity contribution in [2.45, 2.75) is 105 Å². The summed E-state index contributed by atoms with van der Waals surface area (Å²) in [6.07, 6.45) is 12.3. The number of rotatable bonds is 10. The predicted octanol–water partition coefficient (Wildman–Crippen LogP) is 6.15. The summed E-state index contributed by atoms with van der Waals surface area (Å²) in [5.41, 5.74) is 7.24. The highest BCUT2D eigenvalue weighted by Gasteiger charge is 2.27. The average Bonchev–Trinajstić information content (AvgIpc) is 2.51. The van der Waals surface area contributed by atoms with Crippen molar-refractivity contribution < 1.29 is 4.79 Å². The fraction of sp³-hybridized carbons (Fsp3) is 0.810. The molecule has 1 amide bonds. The number of carbonyl (C=O) groups excluding carboxylic acids is 1. The minimum Gasteiger partial charge on any atom is -0.273 e. The molecular weight excluding hydrogens is 296 g/mol. The number of carbonyl (C=O) groups is 1. The minimum atomic E-state index is 0.0549. The van der Waals surface area contributed by atoms with E-state index in [1.165, 1.54) is 38.5 Å². The maximum Gasteiger partial charge on any atom is 0.240 e. The molecular formula is C21H38N2O. The summed E-state index contributed by atoms with van der Waals surface area (Å²) in [7, 11) is 0. The van der Waals surface area contributed by atoms with Crippen LogP contribution in [0.3, 0.4) is 0 Å². The minimum absolute atomic E-state index is 0.0549. The van der Waals surface area contributed by atoms with Crippen LogP contribution in [0.2, 0.25) is 0 Å². The summed E-state index contributed by atoms with van der Waals surface area (Å²) >= 11 is 0. The Morgan fingerprint density at radius 2 is 1.88 bits per heavy atom. The highest BCUT2D eigenvalue weighted by Crippen LogP contribution is 2.42. The van der Waals surface area contributed by atoms with Gasteiger partial charge >= 0.3 is 0 Å². The summed E-state index contributed by atoms with van der Waals surface area (Å²) in [6, 6.07) is 0. The van der Waals surface area contributed by atoms with Gasteiger partial charge in [-0.05, 0) is 57.8 Å². The molecule has 3 heteroatoms. The van der Waals surface area contributed by atoms with Crippen molar-refractivity contribution in [3.05, 3.63) is 11.1 Å². The summed E-state index contributed by atoms with van der Waals surface area (Å²) in [5.74, 6) is 0.0549. The van der Waals surface area contributed by atoms with E-state index in [1.54, 1.807) is 11.1 Å². The van der Waals surface area contributed by atoms with Gasteiger partial charge in [-0.15, -0.1) is 0 Å². The first-order chi connectivity index (χ1) is 11.4. The summed E-state index contributed by atoms with van der Waals surface area (Å²) < 4.78 is 0. The van der Waals surface area contributed by atoms with Gasteiger partial charge in [0.25, 0.3) is 0 Å². The number of allylic oxidation sites excluding steroid dienone is 2. The van der Waals surface area contributed by atoms with Crippen molar-refractivity contribution in [3.8, 4) is 0 Å². The van der Waals surface area contributed by atoms with Crippen molar-refractivity contribution in [2.24, 2.45) is 10.5 Å². The van der Waals surface area contributed by atoms with E-state index in [-0.39, 0.29) is 5.91 Å². The highest BCUT2D eigenvalue weighted by molar-refractivity contribution is 5.84. The molecule has 1 N–H and O–H groups in total. The Labute approximate surface area is 149 Å². The van der Waals surface area contributed by atoms with Crippen LogP contribution >= 0.6 is 0 Å². The molecule has 0 unspecified atom stereocenters. The Bertz CT molecular complexity index is 460. The van der Waals surface area contributed by atoms with Crippen molar-refractivity contribution in [1.29, 1.82) is 0 Å². The molecule has 0 saturated heterocycles. The number of unbranched alkanes of at least 4 members (excludes halogenated alkanes) is 4. The quantitative estimate of drug-likeness (QED) is 0.221. The molecule has 0 saturated carbocycles. The lowest BCUT2D eigenvalue weighted by Gasteiger charge is -2.34. The molecule has 24 heavy (non-hydrogen) atoms. The standard InChI is InChI=1S/C21H38N2O/c1-6-7-8-9-10-13-20(24)23-22-18(3)14-15-19-17(2)12-11-16-21(19,4)5/h6-16H2,1-5H3,(H,23,24)/b22-18+. The molecule has 1 aliphatic carbocycles. The molecule has 0 spiro atoms. The molecule has 0 aromatic heterocycles. The SMILES string of the molecule is CCCCCCCC(=O)N/N=C(\C)CCC1=C(C)CCCC1(C)C. The van der Waals surface area contributed by atoms with Gasteiger partial charge in [0.1, 0.15) is 0 Å². The normalized spacial score (nSPS) is 18.0. The van der Waals surface area contributed by atoms with Gasteiger partial charge in [0, 0.05) is 12.1 Å². The van der Waals surface area contributed by atoms with Crippen LogP contribution < -0.4 is 5.43 Å². The first-order valence-electron chi connectivity index (χ1n) is 9.88. The van der Waals surface area contributed by atoms with E-state index in [1.807, 2.05) is 6.92 Å². The molecule has 1 rings (SSSR count). The number of nitrogens with one attached hydrogen (secondary N) is 1. The van der Waals surface area contributed by atoms with Gasteiger partial charge in [0.2, 0.25) is 5.91 Å². The van der Waals surface area contributed by atoms with Gasteiger partial charge in [-0.25, -0.2) is 5.43 Å². The lowest BCUT2D eigenvalue weighted by molar-refractivity contribution is -0.121. The van der Waals surface area contributed by atoms with Crippen LogP contribution in [0, 0.1) is 5.41 Å². The van der Waals surface area contributed by atoms with Crippen molar-refractivity contribution >= 4 is 11.6 Å². The Balaban J connectivity index is 2.33. The third-order valence-corrected chi connectivity index (χ3v) is 5.30. The zero-order chi connectivity index (χ0) is 18.0. The van der Waals surface area contributed by atoms with E-state index in [0.717, 1.165) is 31.4 Å². The van der Waals surface area contributed by atoms with Gasteiger partial charge in [-0.3, -0.25) is 4.79 Å². The molecule has 1 aliphatic rings. The lowest BCUT2D eigenvalue weighted by Crippen LogP contribution is -2.21. The molecule has 0 radical (unpaired) electrons. The van der Waals surface area contributed by atoms with E-state index in [2.05, 4.69) is 38.2 Å². The molecule has 0 aromatic rings. The van der Waals surface area contributed by atoms with Gasteiger partial charge in [-0.2, -0.15) is 5.10 Å². The summed E-state index contributed by atoms with van der Waals surface area (Å²) in [5, 5.41) is 4.29.